The first-order valence-electron chi connectivity index (χ1n) is 10.0. The van der Waals surface area contributed by atoms with Gasteiger partial charge < -0.3 is 15.0 Å². The molecule has 4 rings (SSSR count). The van der Waals surface area contributed by atoms with Crippen LogP contribution in [0.4, 0.5) is 5.82 Å². The zero-order chi connectivity index (χ0) is 21.7. The molecule has 0 saturated carbocycles. The number of ether oxygens (including phenoxy) is 1. The maximum absolute atomic E-state index is 13.3. The number of carbonyl (C=O) groups excluding carboxylic acids is 1. The van der Waals surface area contributed by atoms with Crippen LogP contribution in [0.1, 0.15) is 16.8 Å². The van der Waals surface area contributed by atoms with Crippen LogP contribution >= 0.6 is 0 Å². The minimum atomic E-state index is -0.634. The van der Waals surface area contributed by atoms with E-state index in [-0.39, 0.29) is 5.91 Å². The lowest BCUT2D eigenvalue weighted by atomic mass is 9.73. The fourth-order valence-electron chi connectivity index (χ4n) is 3.94. The van der Waals surface area contributed by atoms with E-state index in [1.54, 1.807) is 31.6 Å². The Hall–Kier alpha value is -3.92. The molecule has 1 saturated heterocycles. The largest absolute Gasteiger partial charge is 0.497 e. The molecular formula is C24H23N5O2. The van der Waals surface area contributed by atoms with Gasteiger partial charge in [-0.05, 0) is 48.4 Å². The smallest absolute Gasteiger partial charge is 0.230 e. The van der Waals surface area contributed by atoms with Crippen molar-refractivity contribution in [2.24, 2.45) is 5.41 Å². The Morgan fingerprint density at radius 1 is 1.16 bits per heavy atom. The summed E-state index contributed by atoms with van der Waals surface area (Å²) in [6.45, 7) is 1.32. The molecule has 7 heteroatoms. The lowest BCUT2D eigenvalue weighted by Crippen LogP contribution is -2.64. The zero-order valence-electron chi connectivity index (χ0n) is 17.3. The predicted molar refractivity (Wildman–Crippen MR) is 116 cm³/mol. The van der Waals surface area contributed by atoms with Crippen LogP contribution in [0.25, 0.3) is 0 Å². The number of hydrogen-bond donors (Lipinski definition) is 1. The van der Waals surface area contributed by atoms with Crippen LogP contribution in [0.5, 0.6) is 5.75 Å². The zero-order valence-corrected chi connectivity index (χ0v) is 17.3. The van der Waals surface area contributed by atoms with Gasteiger partial charge in [0.2, 0.25) is 5.91 Å². The van der Waals surface area contributed by atoms with Crippen molar-refractivity contribution in [1.82, 2.24) is 15.3 Å². The quantitative estimate of drug-likeness (QED) is 0.640. The monoisotopic (exact) mass is 413 g/mol. The van der Waals surface area contributed by atoms with E-state index in [9.17, 15) is 10.1 Å². The highest BCUT2D eigenvalue weighted by atomic mass is 16.5. The predicted octanol–water partition coefficient (Wildman–Crippen LogP) is 2.72. The molecule has 156 valence electrons. The number of nitrogens with zero attached hydrogens (tertiary/aromatic N) is 4. The Morgan fingerprint density at radius 2 is 2.00 bits per heavy atom. The summed E-state index contributed by atoms with van der Waals surface area (Å²) in [6, 6.07) is 19.1. The third kappa shape index (κ3) is 4.33. The summed E-state index contributed by atoms with van der Waals surface area (Å²) in [7, 11) is 1.63. The molecule has 1 N–H and O–H groups in total. The van der Waals surface area contributed by atoms with Gasteiger partial charge in [-0.2, -0.15) is 5.26 Å². The Morgan fingerprint density at radius 3 is 2.74 bits per heavy atom. The SMILES string of the molecule is COc1cccc(CC2(C(=O)NCc3ccccn3)CN(c3ncccc3C#N)C2)c1. The van der Waals surface area contributed by atoms with Crippen LogP contribution in [0, 0.1) is 16.7 Å². The van der Waals surface area contributed by atoms with E-state index in [1.165, 1.54) is 0 Å². The molecule has 1 fully saturated rings. The number of nitrogens with one attached hydrogen (secondary N) is 1. The average molecular weight is 413 g/mol. The molecule has 1 aliphatic rings. The lowest BCUT2D eigenvalue weighted by Gasteiger charge is -2.49. The normalized spacial score (nSPS) is 14.3. The molecule has 0 atom stereocenters. The summed E-state index contributed by atoms with van der Waals surface area (Å²) in [6.07, 6.45) is 3.94. The molecule has 0 bridgehead atoms. The first kappa shape index (κ1) is 20.4. The van der Waals surface area contributed by atoms with Gasteiger partial charge in [0.1, 0.15) is 17.6 Å². The first-order valence-corrected chi connectivity index (χ1v) is 10.0. The van der Waals surface area contributed by atoms with E-state index in [2.05, 4.69) is 21.4 Å². The maximum Gasteiger partial charge on any atom is 0.230 e. The molecule has 1 aliphatic heterocycles. The summed E-state index contributed by atoms with van der Waals surface area (Å²) in [5, 5.41) is 12.5. The third-order valence-corrected chi connectivity index (χ3v) is 5.51. The third-order valence-electron chi connectivity index (χ3n) is 5.51. The van der Waals surface area contributed by atoms with Gasteiger partial charge in [-0.25, -0.2) is 4.98 Å². The summed E-state index contributed by atoms with van der Waals surface area (Å²) >= 11 is 0. The average Bonchev–Trinajstić information content (AvgIpc) is 2.80. The fraction of sp³-hybridized carbons (Fsp3) is 0.250. The number of rotatable bonds is 7. The van der Waals surface area contributed by atoms with Crippen molar-refractivity contribution < 1.29 is 9.53 Å². The molecule has 7 nitrogen and oxygen atoms in total. The Balaban J connectivity index is 1.55. The highest BCUT2D eigenvalue weighted by Gasteiger charge is 2.50. The number of carbonyl (C=O) groups is 1. The number of nitriles is 1. The van der Waals surface area contributed by atoms with E-state index >= 15 is 0 Å². The molecular weight excluding hydrogens is 390 g/mol. The molecule has 1 amide bonds. The summed E-state index contributed by atoms with van der Waals surface area (Å²) < 4.78 is 5.34. The second-order valence-electron chi connectivity index (χ2n) is 7.65. The first-order chi connectivity index (χ1) is 15.1. The Labute approximate surface area is 181 Å². The number of aromatic nitrogens is 2. The summed E-state index contributed by atoms with van der Waals surface area (Å²) in [5.74, 6) is 1.34. The van der Waals surface area contributed by atoms with Gasteiger partial charge in [0.15, 0.2) is 0 Å². The van der Waals surface area contributed by atoms with Gasteiger partial charge in [-0.3, -0.25) is 9.78 Å². The molecule has 0 spiro atoms. The van der Waals surface area contributed by atoms with Crippen molar-refractivity contribution in [2.75, 3.05) is 25.1 Å². The van der Waals surface area contributed by atoms with Crippen molar-refractivity contribution >= 4 is 11.7 Å². The summed E-state index contributed by atoms with van der Waals surface area (Å²) in [4.78, 5) is 24.0. The second kappa shape index (κ2) is 8.84. The van der Waals surface area contributed by atoms with Gasteiger partial charge in [-0.1, -0.05) is 18.2 Å². The molecule has 0 radical (unpaired) electrons. The van der Waals surface area contributed by atoms with Crippen LogP contribution in [0.2, 0.25) is 0 Å². The Kier molecular flexibility index (Phi) is 5.80. The van der Waals surface area contributed by atoms with Gasteiger partial charge in [-0.15, -0.1) is 0 Å². The number of methoxy groups -OCH3 is 1. The maximum atomic E-state index is 13.3. The minimum absolute atomic E-state index is 0.0355. The van der Waals surface area contributed by atoms with Gasteiger partial charge in [0, 0.05) is 25.5 Å². The minimum Gasteiger partial charge on any atom is -0.497 e. The van der Waals surface area contributed by atoms with Crippen LogP contribution in [-0.4, -0.2) is 36.1 Å². The summed E-state index contributed by atoms with van der Waals surface area (Å²) in [5.41, 5.74) is 1.70. The van der Waals surface area contributed by atoms with E-state index in [0.29, 0.717) is 37.4 Å². The van der Waals surface area contributed by atoms with Crippen molar-refractivity contribution in [3.05, 3.63) is 83.8 Å². The number of anilines is 1. The molecule has 3 aromatic rings. The number of pyridine rings is 2. The number of hydrogen-bond acceptors (Lipinski definition) is 6. The van der Waals surface area contributed by atoms with Crippen LogP contribution in [0.3, 0.4) is 0 Å². The highest BCUT2D eigenvalue weighted by Crippen LogP contribution is 2.38. The molecule has 3 heterocycles. The topological polar surface area (TPSA) is 91.1 Å². The molecule has 2 aromatic heterocycles. The van der Waals surface area contributed by atoms with Gasteiger partial charge >= 0.3 is 0 Å². The van der Waals surface area contributed by atoms with E-state index < -0.39 is 5.41 Å². The lowest BCUT2D eigenvalue weighted by molar-refractivity contribution is -0.132. The second-order valence-corrected chi connectivity index (χ2v) is 7.65. The van der Waals surface area contributed by atoms with Crippen LogP contribution < -0.4 is 15.0 Å². The fourth-order valence-corrected chi connectivity index (χ4v) is 3.94. The van der Waals surface area contributed by atoms with Crippen LogP contribution in [-0.2, 0) is 17.8 Å². The van der Waals surface area contributed by atoms with Crippen LogP contribution in [0.15, 0.2) is 67.0 Å². The van der Waals surface area contributed by atoms with E-state index in [1.807, 2.05) is 47.4 Å². The number of benzene rings is 1. The molecule has 0 aliphatic carbocycles. The number of amides is 1. The van der Waals surface area contributed by atoms with Crippen molar-refractivity contribution in [1.29, 1.82) is 5.26 Å². The van der Waals surface area contributed by atoms with E-state index in [0.717, 1.165) is 17.0 Å². The Bertz CT molecular complexity index is 1100. The van der Waals surface area contributed by atoms with Gasteiger partial charge in [0.05, 0.1) is 30.3 Å². The van der Waals surface area contributed by atoms with Crippen molar-refractivity contribution in [2.45, 2.75) is 13.0 Å². The highest BCUT2D eigenvalue weighted by molar-refractivity contribution is 5.86. The van der Waals surface area contributed by atoms with E-state index in [4.69, 9.17) is 4.74 Å². The van der Waals surface area contributed by atoms with Crippen molar-refractivity contribution in [3.63, 3.8) is 0 Å². The standard InChI is InChI=1S/C24H23N5O2/c1-31-21-9-4-6-18(12-21)13-24(23(30)28-15-20-8-2-3-10-26-20)16-29(17-24)22-19(14-25)7-5-11-27-22/h2-12H,13,15-17H2,1H3,(H,28,30). The van der Waals surface area contributed by atoms with Crippen molar-refractivity contribution in [3.8, 4) is 11.8 Å². The van der Waals surface area contributed by atoms with Gasteiger partial charge in [0.25, 0.3) is 0 Å². The molecule has 1 aromatic carbocycles. The molecule has 0 unspecified atom stereocenters. The molecule has 31 heavy (non-hydrogen) atoms.